The summed E-state index contributed by atoms with van der Waals surface area (Å²) in [6, 6.07) is 15.2. The van der Waals surface area contributed by atoms with Crippen molar-refractivity contribution in [3.8, 4) is 5.75 Å². The number of nitrogens with zero attached hydrogens (tertiary/aromatic N) is 3. The summed E-state index contributed by atoms with van der Waals surface area (Å²) in [6.45, 7) is 4.09. The largest absolute Gasteiger partial charge is 0.491 e. The van der Waals surface area contributed by atoms with Gasteiger partial charge in [-0.15, -0.1) is 0 Å². The van der Waals surface area contributed by atoms with Gasteiger partial charge in [0.2, 0.25) is 17.7 Å². The van der Waals surface area contributed by atoms with Crippen LogP contribution in [0.25, 0.3) is 0 Å². The summed E-state index contributed by atoms with van der Waals surface area (Å²) < 4.78 is 6.21. The lowest BCUT2D eigenvalue weighted by Gasteiger charge is -2.37. The fraction of sp³-hybridized carbons (Fsp3) is 0.484. The van der Waals surface area contributed by atoms with E-state index in [-0.39, 0.29) is 36.1 Å². The normalized spacial score (nSPS) is 25.2. The van der Waals surface area contributed by atoms with Crippen LogP contribution in [0.5, 0.6) is 5.75 Å². The first-order chi connectivity index (χ1) is 19.5. The van der Waals surface area contributed by atoms with Gasteiger partial charge in [0.05, 0.1) is 12.0 Å². The maximum absolute atomic E-state index is 13.6. The summed E-state index contributed by atoms with van der Waals surface area (Å²) in [4.78, 5) is 56.4. The van der Waals surface area contributed by atoms with Crippen LogP contribution in [0, 0.1) is 5.92 Å². The monoisotopic (exact) mass is 544 g/mol. The SMILES string of the molecule is O=C1CCC(N2Cc3cc(OC[C@H]4CCCCN4C(=O)[C@H]4CCN(Cc5ccccc5)C4)ccc3C2=O)C(=O)N1. The van der Waals surface area contributed by atoms with Crippen molar-refractivity contribution in [2.75, 3.05) is 26.2 Å². The van der Waals surface area contributed by atoms with E-state index < -0.39 is 11.9 Å². The van der Waals surface area contributed by atoms with Crippen molar-refractivity contribution in [3.05, 3.63) is 65.2 Å². The van der Waals surface area contributed by atoms with Gasteiger partial charge in [-0.1, -0.05) is 30.3 Å². The Bertz CT molecular complexity index is 1300. The van der Waals surface area contributed by atoms with Crippen LogP contribution in [-0.4, -0.2) is 76.7 Å². The molecule has 210 valence electrons. The maximum atomic E-state index is 13.6. The van der Waals surface area contributed by atoms with E-state index in [1.807, 2.05) is 17.0 Å². The van der Waals surface area contributed by atoms with Gasteiger partial charge in [0.1, 0.15) is 18.4 Å². The number of nitrogens with one attached hydrogen (secondary N) is 1. The molecule has 0 spiro atoms. The number of rotatable bonds is 7. The highest BCUT2D eigenvalue weighted by Crippen LogP contribution is 2.31. The number of imide groups is 1. The number of fused-ring (bicyclic) bond motifs is 1. The number of carbonyl (C=O) groups is 4. The molecular formula is C31H36N4O5. The van der Waals surface area contributed by atoms with Gasteiger partial charge in [-0.2, -0.15) is 0 Å². The van der Waals surface area contributed by atoms with Crippen LogP contribution in [-0.2, 0) is 27.5 Å². The number of carbonyl (C=O) groups excluding carboxylic acids is 4. The second-order valence-corrected chi connectivity index (χ2v) is 11.4. The number of hydrogen-bond acceptors (Lipinski definition) is 6. The van der Waals surface area contributed by atoms with Crippen LogP contribution in [0.3, 0.4) is 0 Å². The van der Waals surface area contributed by atoms with E-state index in [1.54, 1.807) is 17.0 Å². The summed E-state index contributed by atoms with van der Waals surface area (Å²) in [5.41, 5.74) is 2.65. The molecule has 9 heteroatoms. The standard InChI is InChI=1S/C31H36N4O5/c36-28-12-11-27(29(37)32-28)35-19-23-16-25(9-10-26(23)31(35)39)40-20-24-8-4-5-14-34(24)30(38)22-13-15-33(18-22)17-21-6-2-1-3-7-21/h1-3,6-7,9-10,16,22,24,27H,4-5,8,11-15,17-20H2,(H,32,36,37)/t22-,24+,27?/m0/s1. The Morgan fingerprint density at radius 3 is 2.65 bits per heavy atom. The molecule has 3 fully saturated rings. The molecule has 2 aromatic carbocycles. The van der Waals surface area contributed by atoms with Crippen LogP contribution in [0.4, 0.5) is 0 Å². The number of amides is 4. The molecule has 1 unspecified atom stereocenters. The number of benzene rings is 2. The van der Waals surface area contributed by atoms with Gasteiger partial charge >= 0.3 is 0 Å². The number of likely N-dealkylation sites (tertiary alicyclic amines) is 2. The molecule has 1 N–H and O–H groups in total. The van der Waals surface area contributed by atoms with Crippen molar-refractivity contribution in [3.63, 3.8) is 0 Å². The second kappa shape index (κ2) is 11.4. The van der Waals surface area contributed by atoms with E-state index in [9.17, 15) is 19.2 Å². The van der Waals surface area contributed by atoms with Crippen LogP contribution < -0.4 is 10.1 Å². The molecule has 40 heavy (non-hydrogen) atoms. The minimum Gasteiger partial charge on any atom is -0.491 e. The van der Waals surface area contributed by atoms with Crippen molar-refractivity contribution in [2.24, 2.45) is 5.92 Å². The smallest absolute Gasteiger partial charge is 0.255 e. The third kappa shape index (κ3) is 5.47. The number of piperidine rings is 2. The molecule has 4 aliphatic heterocycles. The Hall–Kier alpha value is -3.72. The van der Waals surface area contributed by atoms with Gasteiger partial charge in [0.15, 0.2) is 0 Å². The predicted octanol–water partition coefficient (Wildman–Crippen LogP) is 2.73. The molecule has 4 amide bonds. The first kappa shape index (κ1) is 26.5. The van der Waals surface area contributed by atoms with Crippen molar-refractivity contribution in [1.82, 2.24) is 20.0 Å². The van der Waals surface area contributed by atoms with Gasteiger partial charge < -0.3 is 14.5 Å². The zero-order chi connectivity index (χ0) is 27.6. The molecule has 2 aromatic rings. The Balaban J connectivity index is 1.06. The quantitative estimate of drug-likeness (QED) is 0.539. The lowest BCUT2D eigenvalue weighted by molar-refractivity contribution is -0.140. The fourth-order valence-corrected chi connectivity index (χ4v) is 6.55. The van der Waals surface area contributed by atoms with Gasteiger partial charge in [-0.3, -0.25) is 29.4 Å². The zero-order valence-corrected chi connectivity index (χ0v) is 22.7. The van der Waals surface area contributed by atoms with Crippen LogP contribution in [0.15, 0.2) is 48.5 Å². The number of ether oxygens (including phenoxy) is 1. The van der Waals surface area contributed by atoms with E-state index in [1.165, 1.54) is 5.56 Å². The van der Waals surface area contributed by atoms with Crippen LogP contribution in [0.2, 0.25) is 0 Å². The highest BCUT2D eigenvalue weighted by Gasteiger charge is 2.39. The topological polar surface area (TPSA) is 99.3 Å². The molecular weight excluding hydrogens is 508 g/mol. The van der Waals surface area contributed by atoms with Crippen LogP contribution >= 0.6 is 0 Å². The lowest BCUT2D eigenvalue weighted by atomic mass is 9.99. The van der Waals surface area contributed by atoms with E-state index in [0.717, 1.165) is 57.4 Å². The summed E-state index contributed by atoms with van der Waals surface area (Å²) in [5.74, 6) is 0.00885. The molecule has 6 rings (SSSR count). The van der Waals surface area contributed by atoms with E-state index in [0.29, 0.717) is 30.9 Å². The second-order valence-electron chi connectivity index (χ2n) is 11.4. The molecule has 0 radical (unpaired) electrons. The van der Waals surface area contributed by atoms with Crippen molar-refractivity contribution in [1.29, 1.82) is 0 Å². The van der Waals surface area contributed by atoms with E-state index in [4.69, 9.17) is 4.74 Å². The summed E-state index contributed by atoms with van der Waals surface area (Å²) in [7, 11) is 0. The first-order valence-electron chi connectivity index (χ1n) is 14.4. The summed E-state index contributed by atoms with van der Waals surface area (Å²) >= 11 is 0. The molecule has 0 aliphatic carbocycles. The summed E-state index contributed by atoms with van der Waals surface area (Å²) in [5, 5.41) is 2.34. The highest BCUT2D eigenvalue weighted by atomic mass is 16.5. The Kier molecular flexibility index (Phi) is 7.56. The Labute approximate surface area is 234 Å². The average Bonchev–Trinajstić information content (AvgIpc) is 3.56. The van der Waals surface area contributed by atoms with Gasteiger partial charge in [0.25, 0.3) is 5.91 Å². The predicted molar refractivity (Wildman–Crippen MR) is 147 cm³/mol. The third-order valence-corrected chi connectivity index (χ3v) is 8.72. The zero-order valence-electron chi connectivity index (χ0n) is 22.7. The first-order valence-corrected chi connectivity index (χ1v) is 14.4. The molecule has 0 saturated carbocycles. The van der Waals surface area contributed by atoms with Crippen molar-refractivity contribution in [2.45, 2.75) is 63.7 Å². The molecule has 4 aliphatic rings. The van der Waals surface area contributed by atoms with E-state index in [2.05, 4.69) is 34.5 Å². The average molecular weight is 545 g/mol. The number of hydrogen-bond donors (Lipinski definition) is 1. The molecule has 9 nitrogen and oxygen atoms in total. The molecule has 4 heterocycles. The van der Waals surface area contributed by atoms with E-state index >= 15 is 0 Å². The minimum absolute atomic E-state index is 0.0218. The molecule has 3 atom stereocenters. The minimum atomic E-state index is -0.636. The maximum Gasteiger partial charge on any atom is 0.255 e. The highest BCUT2D eigenvalue weighted by molar-refractivity contribution is 6.05. The van der Waals surface area contributed by atoms with Crippen molar-refractivity contribution >= 4 is 23.6 Å². The van der Waals surface area contributed by atoms with Crippen molar-refractivity contribution < 1.29 is 23.9 Å². The Morgan fingerprint density at radius 2 is 1.82 bits per heavy atom. The Morgan fingerprint density at radius 1 is 0.975 bits per heavy atom. The van der Waals surface area contributed by atoms with Gasteiger partial charge in [-0.25, -0.2) is 0 Å². The summed E-state index contributed by atoms with van der Waals surface area (Å²) in [6.07, 6.45) is 4.46. The van der Waals surface area contributed by atoms with Gasteiger partial charge in [0, 0.05) is 38.2 Å². The molecule has 3 saturated heterocycles. The van der Waals surface area contributed by atoms with Gasteiger partial charge in [-0.05, 0) is 68.0 Å². The molecule has 0 aromatic heterocycles. The third-order valence-electron chi connectivity index (χ3n) is 8.72. The lowest BCUT2D eigenvalue weighted by Crippen LogP contribution is -2.52. The molecule has 0 bridgehead atoms. The fourth-order valence-electron chi connectivity index (χ4n) is 6.55. The van der Waals surface area contributed by atoms with Crippen LogP contribution in [0.1, 0.15) is 60.0 Å².